The molecule has 1 aliphatic rings. The maximum atomic E-state index is 12.8. The topological polar surface area (TPSA) is 70.1 Å². The van der Waals surface area contributed by atoms with Gasteiger partial charge in [-0.2, -0.15) is 0 Å². The van der Waals surface area contributed by atoms with E-state index in [9.17, 15) is 14.7 Å². The third-order valence-electron chi connectivity index (χ3n) is 4.48. The molecule has 1 unspecified atom stereocenters. The standard InChI is InChI=1S/C20H22N2O4S/c1-21(2)9-10-22-17(15-8-5-11-27-15)16(19(24)20(22)25)18(23)13-6-4-7-14(12-13)26-3/h4-8,11-12,17,23H,9-10H2,1-3H3/b18-16-. The van der Waals surface area contributed by atoms with Gasteiger partial charge in [-0.05, 0) is 37.7 Å². The molecule has 1 atom stereocenters. The van der Waals surface area contributed by atoms with Crippen LogP contribution in [-0.4, -0.2) is 60.9 Å². The molecule has 0 saturated carbocycles. The molecule has 1 amide bonds. The number of ether oxygens (including phenoxy) is 1. The fraction of sp³-hybridized carbons (Fsp3) is 0.300. The van der Waals surface area contributed by atoms with Crippen LogP contribution in [0.5, 0.6) is 5.75 Å². The molecule has 0 radical (unpaired) electrons. The molecule has 6 nitrogen and oxygen atoms in total. The zero-order valence-corrected chi connectivity index (χ0v) is 16.3. The Morgan fingerprint density at radius 3 is 2.67 bits per heavy atom. The smallest absolute Gasteiger partial charge is 0.295 e. The van der Waals surface area contributed by atoms with Gasteiger partial charge in [0.15, 0.2) is 0 Å². The normalized spacial score (nSPS) is 19.1. The number of methoxy groups -OCH3 is 1. The third-order valence-corrected chi connectivity index (χ3v) is 5.41. The molecule has 0 bridgehead atoms. The number of rotatable bonds is 6. The highest BCUT2D eigenvalue weighted by Crippen LogP contribution is 2.41. The number of likely N-dealkylation sites (N-methyl/N-ethyl adjacent to an activating group) is 1. The fourth-order valence-corrected chi connectivity index (χ4v) is 3.93. The molecule has 2 heterocycles. The van der Waals surface area contributed by atoms with Crippen LogP contribution in [0.1, 0.15) is 16.5 Å². The van der Waals surface area contributed by atoms with Crippen molar-refractivity contribution in [1.82, 2.24) is 9.80 Å². The predicted octanol–water partition coefficient (Wildman–Crippen LogP) is 2.74. The largest absolute Gasteiger partial charge is 0.507 e. The van der Waals surface area contributed by atoms with Gasteiger partial charge in [0.2, 0.25) is 0 Å². The van der Waals surface area contributed by atoms with E-state index in [1.807, 2.05) is 36.5 Å². The summed E-state index contributed by atoms with van der Waals surface area (Å²) in [6, 6.07) is 9.99. The van der Waals surface area contributed by atoms with Crippen molar-refractivity contribution in [3.63, 3.8) is 0 Å². The Hall–Kier alpha value is -2.64. The zero-order valence-electron chi connectivity index (χ0n) is 15.5. The van der Waals surface area contributed by atoms with E-state index in [-0.39, 0.29) is 11.3 Å². The zero-order chi connectivity index (χ0) is 19.6. The Kier molecular flexibility index (Phi) is 5.62. The van der Waals surface area contributed by atoms with Crippen LogP contribution < -0.4 is 4.74 Å². The number of carbonyl (C=O) groups excluding carboxylic acids is 2. The number of ketones is 1. The van der Waals surface area contributed by atoms with Crippen molar-refractivity contribution >= 4 is 28.8 Å². The van der Waals surface area contributed by atoms with Gasteiger partial charge in [-0.3, -0.25) is 9.59 Å². The van der Waals surface area contributed by atoms with Gasteiger partial charge in [0.05, 0.1) is 18.7 Å². The SMILES string of the molecule is COc1cccc(/C(O)=C2/C(=O)C(=O)N(CCN(C)C)C2c2cccs2)c1. The number of aliphatic hydroxyl groups excluding tert-OH is 1. The Labute approximate surface area is 162 Å². The number of Topliss-reactive ketones (excluding diaryl/α,β-unsaturated/α-hetero) is 1. The predicted molar refractivity (Wildman–Crippen MR) is 105 cm³/mol. The van der Waals surface area contributed by atoms with Crippen LogP contribution >= 0.6 is 11.3 Å². The van der Waals surface area contributed by atoms with Crippen LogP contribution in [0.15, 0.2) is 47.4 Å². The minimum Gasteiger partial charge on any atom is -0.507 e. The Morgan fingerprint density at radius 1 is 1.26 bits per heavy atom. The molecule has 1 saturated heterocycles. The number of likely N-dealkylation sites (tertiary alicyclic amines) is 1. The number of nitrogens with zero attached hydrogens (tertiary/aromatic N) is 2. The summed E-state index contributed by atoms with van der Waals surface area (Å²) >= 11 is 1.46. The summed E-state index contributed by atoms with van der Waals surface area (Å²) in [6.07, 6.45) is 0. The first-order valence-corrected chi connectivity index (χ1v) is 9.43. The summed E-state index contributed by atoms with van der Waals surface area (Å²) in [5, 5.41) is 12.8. The van der Waals surface area contributed by atoms with Crippen LogP contribution in [0.3, 0.4) is 0 Å². The molecule has 1 aromatic heterocycles. The molecule has 142 valence electrons. The van der Waals surface area contributed by atoms with E-state index in [2.05, 4.69) is 0 Å². The van der Waals surface area contributed by atoms with E-state index in [0.717, 1.165) is 4.88 Å². The molecule has 0 spiro atoms. The first-order valence-electron chi connectivity index (χ1n) is 8.55. The second-order valence-corrected chi connectivity index (χ2v) is 7.52. The van der Waals surface area contributed by atoms with E-state index in [1.54, 1.807) is 29.2 Å². The van der Waals surface area contributed by atoms with E-state index >= 15 is 0 Å². The quantitative estimate of drug-likeness (QED) is 0.470. The van der Waals surface area contributed by atoms with Crippen molar-refractivity contribution in [2.45, 2.75) is 6.04 Å². The summed E-state index contributed by atoms with van der Waals surface area (Å²) in [5.41, 5.74) is 0.566. The number of hydrogen-bond donors (Lipinski definition) is 1. The van der Waals surface area contributed by atoms with Crippen molar-refractivity contribution in [2.24, 2.45) is 0 Å². The summed E-state index contributed by atoms with van der Waals surface area (Å²) < 4.78 is 5.20. The molecule has 0 aliphatic carbocycles. The van der Waals surface area contributed by atoms with Crippen molar-refractivity contribution in [1.29, 1.82) is 0 Å². The monoisotopic (exact) mass is 386 g/mol. The van der Waals surface area contributed by atoms with Gasteiger partial charge in [0, 0.05) is 23.5 Å². The first kappa shape index (κ1) is 19.1. The highest BCUT2D eigenvalue weighted by Gasteiger charge is 2.46. The van der Waals surface area contributed by atoms with Crippen LogP contribution in [0.4, 0.5) is 0 Å². The van der Waals surface area contributed by atoms with E-state index in [0.29, 0.717) is 24.4 Å². The Morgan fingerprint density at radius 2 is 2.04 bits per heavy atom. The van der Waals surface area contributed by atoms with Crippen LogP contribution in [0.2, 0.25) is 0 Å². The van der Waals surface area contributed by atoms with Gasteiger partial charge in [-0.15, -0.1) is 11.3 Å². The summed E-state index contributed by atoms with van der Waals surface area (Å²) in [4.78, 5) is 29.8. The fourth-order valence-electron chi connectivity index (χ4n) is 3.09. The summed E-state index contributed by atoms with van der Waals surface area (Å²) in [7, 11) is 5.35. The summed E-state index contributed by atoms with van der Waals surface area (Å²) in [5.74, 6) is -0.862. The molecule has 3 rings (SSSR count). The molecule has 2 aromatic rings. The number of amides is 1. The molecule has 1 N–H and O–H groups in total. The molecule has 7 heteroatoms. The number of aliphatic hydroxyl groups is 1. The summed E-state index contributed by atoms with van der Waals surface area (Å²) in [6.45, 7) is 1.02. The highest BCUT2D eigenvalue weighted by atomic mass is 32.1. The van der Waals surface area contributed by atoms with Gasteiger partial charge < -0.3 is 19.6 Å². The average Bonchev–Trinajstić information content (AvgIpc) is 3.27. The van der Waals surface area contributed by atoms with Crippen molar-refractivity contribution in [3.05, 3.63) is 57.8 Å². The molecule has 1 aliphatic heterocycles. The molecular weight excluding hydrogens is 364 g/mol. The van der Waals surface area contributed by atoms with Gasteiger partial charge in [0.1, 0.15) is 11.5 Å². The van der Waals surface area contributed by atoms with E-state index in [4.69, 9.17) is 4.74 Å². The van der Waals surface area contributed by atoms with Crippen LogP contribution in [0.25, 0.3) is 5.76 Å². The maximum Gasteiger partial charge on any atom is 0.295 e. The van der Waals surface area contributed by atoms with Gasteiger partial charge >= 0.3 is 0 Å². The second-order valence-electron chi connectivity index (χ2n) is 6.54. The molecule has 1 aromatic carbocycles. The second kappa shape index (κ2) is 7.94. The van der Waals surface area contributed by atoms with Gasteiger partial charge in [0.25, 0.3) is 11.7 Å². The van der Waals surface area contributed by atoms with E-state index in [1.165, 1.54) is 18.4 Å². The lowest BCUT2D eigenvalue weighted by Crippen LogP contribution is -2.35. The van der Waals surface area contributed by atoms with Gasteiger partial charge in [-0.1, -0.05) is 18.2 Å². The number of benzene rings is 1. The average molecular weight is 386 g/mol. The van der Waals surface area contributed by atoms with Crippen LogP contribution in [0, 0.1) is 0 Å². The Bertz CT molecular complexity index is 874. The third kappa shape index (κ3) is 3.74. The van der Waals surface area contributed by atoms with Crippen molar-refractivity contribution in [2.75, 3.05) is 34.3 Å². The molecule has 1 fully saturated rings. The van der Waals surface area contributed by atoms with Gasteiger partial charge in [-0.25, -0.2) is 0 Å². The number of thiophene rings is 1. The minimum atomic E-state index is -0.660. The lowest BCUT2D eigenvalue weighted by atomic mass is 10.00. The number of hydrogen-bond acceptors (Lipinski definition) is 6. The first-order chi connectivity index (χ1) is 12.9. The minimum absolute atomic E-state index is 0.120. The van der Waals surface area contributed by atoms with Crippen LogP contribution in [-0.2, 0) is 9.59 Å². The lowest BCUT2D eigenvalue weighted by molar-refractivity contribution is -0.140. The van der Waals surface area contributed by atoms with Crippen molar-refractivity contribution in [3.8, 4) is 5.75 Å². The Balaban J connectivity index is 2.10. The molecule has 27 heavy (non-hydrogen) atoms. The lowest BCUT2D eigenvalue weighted by Gasteiger charge is -2.25. The number of carbonyl (C=O) groups is 2. The molecular formula is C20H22N2O4S. The van der Waals surface area contributed by atoms with Crippen molar-refractivity contribution < 1.29 is 19.4 Å². The maximum absolute atomic E-state index is 12.8. The highest BCUT2D eigenvalue weighted by molar-refractivity contribution is 7.10. The van der Waals surface area contributed by atoms with E-state index < -0.39 is 17.7 Å².